The molecule has 14 heteroatoms. The lowest BCUT2D eigenvalue weighted by Crippen LogP contribution is -2.37. The molecule has 6 N–H and O–H groups in total. The molecule has 0 radical (unpaired) electrons. The third-order valence-corrected chi connectivity index (χ3v) is 6.03. The first kappa shape index (κ1) is 51.4. The summed E-state index contributed by atoms with van der Waals surface area (Å²) in [6.45, 7) is 23.0. The first-order valence-electron chi connectivity index (χ1n) is 18.8. The SMILES string of the molecule is CC(C)N(C)c1ccccn1.CC(C)NC1=NCCN1.CC(C)Nc1ccccn1.CC(C)Nc1ncc[nH]1.CC(C)n1ccnc1.CN(C)C.CNC. The van der Waals surface area contributed by atoms with Crippen LogP contribution in [0.15, 0.2) is 84.9 Å². The van der Waals surface area contributed by atoms with Gasteiger partial charge < -0.3 is 45.9 Å². The standard InChI is InChI=1S/C9H14N2.C8H12N2.C6H13N3.C6H11N3.C6H10N2.C3H9N.C2H7N/c1-8(2)11(3)9-6-4-5-7-10-9;1-7(2)10-8-5-3-4-6-9-8;2*1-5(2)9-6-7-3-4-8-6;1-6(2)8-4-3-7-5-8;1-4(2)3;1-3-2/h4-8H,1-3H3;3-7H,1-2H3,(H,9,10);5H,3-4H2,1-2H3,(H2,7,8,9);3-5H,1-2H3,(H2,7,8,9);3-6H,1-2H3;1-3H3;3H,1-2H3. The zero-order valence-electron chi connectivity index (χ0n) is 36.4. The van der Waals surface area contributed by atoms with E-state index in [2.05, 4.69) is 135 Å². The van der Waals surface area contributed by atoms with E-state index in [1.165, 1.54) is 0 Å². The Labute approximate surface area is 328 Å². The zero-order chi connectivity index (χ0) is 41.3. The van der Waals surface area contributed by atoms with Gasteiger partial charge in [0.1, 0.15) is 11.6 Å². The van der Waals surface area contributed by atoms with Crippen LogP contribution in [-0.2, 0) is 0 Å². The predicted molar refractivity (Wildman–Crippen MR) is 234 cm³/mol. The minimum absolute atomic E-state index is 0.441. The molecule has 1 aliphatic rings. The fraction of sp³-hybridized carbons (Fsp3) is 0.575. The van der Waals surface area contributed by atoms with Crippen molar-refractivity contribution in [1.29, 1.82) is 0 Å². The van der Waals surface area contributed by atoms with Crippen molar-refractivity contribution in [1.82, 2.24) is 50.3 Å². The summed E-state index contributed by atoms with van der Waals surface area (Å²) in [4.78, 5) is 27.5. The van der Waals surface area contributed by atoms with Crippen molar-refractivity contribution in [3.05, 3.63) is 79.9 Å². The van der Waals surface area contributed by atoms with E-state index in [0.29, 0.717) is 30.2 Å². The van der Waals surface area contributed by atoms with Gasteiger partial charge >= 0.3 is 0 Å². The molecule has 0 atom stereocenters. The van der Waals surface area contributed by atoms with E-state index in [1.807, 2.05) is 102 Å². The summed E-state index contributed by atoms with van der Waals surface area (Å²) in [5.74, 6) is 3.76. The third-order valence-electron chi connectivity index (χ3n) is 6.03. The second kappa shape index (κ2) is 32.9. The Hall–Kier alpha value is -4.69. The third kappa shape index (κ3) is 32.0. The van der Waals surface area contributed by atoms with Crippen LogP contribution in [0.1, 0.15) is 75.3 Å². The van der Waals surface area contributed by atoms with Crippen LogP contribution in [0.3, 0.4) is 0 Å². The number of pyridine rings is 2. The Balaban J connectivity index is 0. The highest BCUT2D eigenvalue weighted by Crippen LogP contribution is 2.09. The molecular formula is C40H76N14. The Kier molecular flexibility index (Phi) is 31.3. The van der Waals surface area contributed by atoms with Gasteiger partial charge in [-0.05, 0) is 129 Å². The molecule has 54 heavy (non-hydrogen) atoms. The summed E-state index contributed by atoms with van der Waals surface area (Å²) in [7, 11) is 11.8. The van der Waals surface area contributed by atoms with Crippen molar-refractivity contribution in [2.75, 3.05) is 70.9 Å². The largest absolute Gasteiger partial charge is 0.368 e. The Morgan fingerprint density at radius 1 is 0.704 bits per heavy atom. The van der Waals surface area contributed by atoms with Crippen LogP contribution < -0.4 is 31.5 Å². The zero-order valence-corrected chi connectivity index (χ0v) is 36.4. The molecule has 0 saturated heterocycles. The quantitative estimate of drug-likeness (QED) is 0.117. The smallest absolute Gasteiger partial charge is 0.200 e. The summed E-state index contributed by atoms with van der Waals surface area (Å²) < 4.78 is 2.06. The van der Waals surface area contributed by atoms with Crippen LogP contribution in [0.2, 0.25) is 0 Å². The maximum Gasteiger partial charge on any atom is 0.200 e. The Morgan fingerprint density at radius 3 is 1.63 bits per heavy atom. The van der Waals surface area contributed by atoms with Crippen LogP contribution in [0, 0.1) is 0 Å². The van der Waals surface area contributed by atoms with Gasteiger partial charge in [0.15, 0.2) is 11.9 Å². The monoisotopic (exact) mass is 753 g/mol. The van der Waals surface area contributed by atoms with E-state index in [9.17, 15) is 0 Å². The van der Waals surface area contributed by atoms with E-state index in [4.69, 9.17) is 0 Å². The number of hydrogen-bond acceptors (Lipinski definition) is 12. The maximum absolute atomic E-state index is 4.23. The van der Waals surface area contributed by atoms with E-state index in [1.54, 1.807) is 24.8 Å². The number of imidazole rings is 2. The molecule has 1 aliphatic heterocycles. The van der Waals surface area contributed by atoms with E-state index in [-0.39, 0.29) is 0 Å². The number of rotatable bonds is 8. The van der Waals surface area contributed by atoms with E-state index in [0.717, 1.165) is 36.6 Å². The van der Waals surface area contributed by atoms with Gasteiger partial charge in [0.05, 0.1) is 12.9 Å². The highest BCUT2D eigenvalue weighted by Gasteiger charge is 2.04. The molecular weight excluding hydrogens is 677 g/mol. The minimum Gasteiger partial charge on any atom is -0.368 e. The summed E-state index contributed by atoms with van der Waals surface area (Å²) in [5, 5.41) is 15.4. The number of guanidine groups is 1. The molecule has 0 unspecified atom stereocenters. The van der Waals surface area contributed by atoms with E-state index >= 15 is 0 Å². The van der Waals surface area contributed by atoms with Gasteiger partial charge in [-0.15, -0.1) is 0 Å². The molecule has 0 aliphatic carbocycles. The molecule has 0 spiro atoms. The molecule has 5 rings (SSSR count). The van der Waals surface area contributed by atoms with Crippen molar-refractivity contribution in [2.24, 2.45) is 4.99 Å². The van der Waals surface area contributed by atoms with Crippen LogP contribution >= 0.6 is 0 Å². The van der Waals surface area contributed by atoms with Crippen molar-refractivity contribution < 1.29 is 0 Å². The lowest BCUT2D eigenvalue weighted by Gasteiger charge is -2.21. The van der Waals surface area contributed by atoms with Crippen molar-refractivity contribution >= 4 is 23.5 Å². The first-order chi connectivity index (χ1) is 25.5. The van der Waals surface area contributed by atoms with Crippen molar-refractivity contribution in [3.63, 3.8) is 0 Å². The maximum atomic E-state index is 4.23. The number of aromatic amines is 1. The van der Waals surface area contributed by atoms with Crippen molar-refractivity contribution in [2.45, 2.75) is 99.4 Å². The lowest BCUT2D eigenvalue weighted by molar-refractivity contribution is 0.505. The molecule has 306 valence electrons. The van der Waals surface area contributed by atoms with Crippen LogP contribution in [0.25, 0.3) is 0 Å². The number of aliphatic imine (C=N–C) groups is 1. The molecule has 0 aromatic carbocycles. The molecule has 0 saturated carbocycles. The second-order valence-electron chi connectivity index (χ2n) is 14.0. The fourth-order valence-electron chi connectivity index (χ4n) is 3.53. The molecule has 0 amide bonds. The number of H-pyrrole nitrogens is 1. The first-order valence-corrected chi connectivity index (χ1v) is 18.8. The topological polar surface area (TPSA) is 151 Å². The highest BCUT2D eigenvalue weighted by molar-refractivity contribution is 5.81. The van der Waals surface area contributed by atoms with Crippen LogP contribution in [0.4, 0.5) is 17.6 Å². The summed E-state index contributed by atoms with van der Waals surface area (Å²) in [6, 6.07) is 14.2. The predicted octanol–water partition coefficient (Wildman–Crippen LogP) is 6.48. The van der Waals surface area contributed by atoms with Crippen LogP contribution in [-0.4, -0.2) is 120 Å². The molecule has 14 nitrogen and oxygen atoms in total. The van der Waals surface area contributed by atoms with Gasteiger partial charge in [0.2, 0.25) is 0 Å². The fourth-order valence-corrected chi connectivity index (χ4v) is 3.53. The molecule has 4 aromatic heterocycles. The van der Waals surface area contributed by atoms with E-state index < -0.39 is 0 Å². The van der Waals surface area contributed by atoms with Gasteiger partial charge in [-0.3, -0.25) is 4.99 Å². The number of hydrogen-bond donors (Lipinski definition) is 6. The summed E-state index contributed by atoms with van der Waals surface area (Å²) >= 11 is 0. The minimum atomic E-state index is 0.441. The van der Waals surface area contributed by atoms with Crippen LogP contribution in [0.5, 0.6) is 0 Å². The number of nitrogens with one attached hydrogen (secondary N) is 6. The van der Waals surface area contributed by atoms with Gasteiger partial charge in [0, 0.05) is 81.0 Å². The van der Waals surface area contributed by atoms with Gasteiger partial charge in [-0.2, -0.15) is 0 Å². The summed E-state index contributed by atoms with van der Waals surface area (Å²) in [5.41, 5.74) is 0. The number of nitrogens with zero attached hydrogens (tertiary/aromatic N) is 8. The molecule has 0 bridgehead atoms. The van der Waals surface area contributed by atoms with Gasteiger partial charge in [-0.25, -0.2) is 19.9 Å². The summed E-state index contributed by atoms with van der Waals surface area (Å²) in [6.07, 6.45) is 12.7. The lowest BCUT2D eigenvalue weighted by atomic mass is 10.3. The highest BCUT2D eigenvalue weighted by atomic mass is 15.2. The Morgan fingerprint density at radius 2 is 1.28 bits per heavy atom. The molecule has 0 fully saturated rings. The Bertz CT molecular complexity index is 1340. The van der Waals surface area contributed by atoms with Gasteiger partial charge in [0.25, 0.3) is 0 Å². The van der Waals surface area contributed by atoms with Gasteiger partial charge in [-0.1, -0.05) is 12.1 Å². The number of aromatic nitrogens is 6. The molecule has 4 aromatic rings. The average Bonchev–Trinajstić information content (AvgIpc) is 3.91. The number of anilines is 3. The molecule has 5 heterocycles. The normalized spacial score (nSPS) is 11.0. The second-order valence-corrected chi connectivity index (χ2v) is 14.0. The van der Waals surface area contributed by atoms with Crippen molar-refractivity contribution in [3.8, 4) is 0 Å². The average molecular weight is 753 g/mol.